The van der Waals surface area contributed by atoms with E-state index in [1.807, 2.05) is 0 Å². The highest BCUT2D eigenvalue weighted by Crippen LogP contribution is 2.34. The third kappa shape index (κ3) is 5.88. The summed E-state index contributed by atoms with van der Waals surface area (Å²) in [5.41, 5.74) is 1.58. The van der Waals surface area contributed by atoms with Gasteiger partial charge in [-0.2, -0.15) is 0 Å². The van der Waals surface area contributed by atoms with Crippen molar-refractivity contribution in [1.29, 1.82) is 0 Å². The minimum atomic E-state index is -1.30. The van der Waals surface area contributed by atoms with Crippen molar-refractivity contribution in [3.8, 4) is 0 Å². The van der Waals surface area contributed by atoms with Gasteiger partial charge in [-0.25, -0.2) is 18.6 Å². The summed E-state index contributed by atoms with van der Waals surface area (Å²) in [7, 11) is 0. The molecule has 1 aliphatic carbocycles. The number of carboxylic acids is 1. The van der Waals surface area contributed by atoms with Crippen LogP contribution in [0.15, 0.2) is 30.3 Å². The number of nitrogens with zero attached hydrogens (tertiary/aromatic N) is 1. The third-order valence-electron chi connectivity index (χ3n) is 6.51. The fourth-order valence-electron chi connectivity index (χ4n) is 4.46. The van der Waals surface area contributed by atoms with Crippen LogP contribution in [0.2, 0.25) is 0 Å². The first kappa shape index (κ1) is 24.1. The molecule has 0 spiro atoms. The summed E-state index contributed by atoms with van der Waals surface area (Å²) < 4.78 is 33.3. The van der Waals surface area contributed by atoms with E-state index in [1.54, 1.807) is 0 Å². The molecule has 1 atom stereocenters. The molecule has 4 rings (SSSR count). The molecule has 2 aromatic rings. The molecule has 2 heterocycles. The van der Waals surface area contributed by atoms with Gasteiger partial charge >= 0.3 is 5.97 Å². The van der Waals surface area contributed by atoms with Gasteiger partial charge in [-0.1, -0.05) is 12.1 Å². The van der Waals surface area contributed by atoms with Crippen molar-refractivity contribution in [3.63, 3.8) is 0 Å². The zero-order chi connectivity index (χ0) is 24.1. The van der Waals surface area contributed by atoms with Crippen LogP contribution in [0.5, 0.6) is 0 Å². The summed E-state index contributed by atoms with van der Waals surface area (Å²) in [4.78, 5) is 28.4. The molecule has 1 amide bonds. The summed E-state index contributed by atoms with van der Waals surface area (Å²) in [6.07, 6.45) is 5.99. The van der Waals surface area contributed by atoms with E-state index in [9.17, 15) is 23.5 Å². The number of aliphatic carboxylic acids is 1. The number of benzene rings is 1. The molecular weight excluding hydrogens is 444 g/mol. The first-order chi connectivity index (χ1) is 16.4. The van der Waals surface area contributed by atoms with E-state index < -0.39 is 35.1 Å². The second kappa shape index (κ2) is 10.9. The van der Waals surface area contributed by atoms with Gasteiger partial charge in [0, 0.05) is 25.3 Å². The largest absolute Gasteiger partial charge is 0.480 e. The molecule has 9 heteroatoms. The van der Waals surface area contributed by atoms with E-state index in [-0.39, 0.29) is 19.1 Å². The molecule has 2 aliphatic rings. The molecule has 0 radical (unpaired) electrons. The van der Waals surface area contributed by atoms with Gasteiger partial charge < -0.3 is 20.5 Å². The number of aromatic nitrogens is 1. The number of nitrogens with one attached hydrogen (secondary N) is 2. The number of hydrogen-bond acceptors (Lipinski definition) is 5. The Balaban J connectivity index is 1.17. The molecule has 1 aromatic heterocycles. The Labute approximate surface area is 196 Å². The van der Waals surface area contributed by atoms with Crippen molar-refractivity contribution in [2.45, 2.75) is 57.1 Å². The topological polar surface area (TPSA) is 101 Å². The number of carbonyl (C=O) groups is 2. The summed E-state index contributed by atoms with van der Waals surface area (Å²) >= 11 is 0. The molecule has 34 heavy (non-hydrogen) atoms. The van der Waals surface area contributed by atoms with Gasteiger partial charge in [-0.05, 0) is 68.2 Å². The maximum Gasteiger partial charge on any atom is 0.326 e. The number of amides is 1. The average molecular weight is 474 g/mol. The number of carbonyl (C=O) groups excluding carboxylic acids is 1. The van der Waals surface area contributed by atoms with Crippen molar-refractivity contribution >= 4 is 17.7 Å². The van der Waals surface area contributed by atoms with E-state index in [1.165, 1.54) is 5.56 Å². The molecule has 0 saturated heterocycles. The zero-order valence-electron chi connectivity index (χ0n) is 18.9. The number of carboxylic acid groups (broad SMARTS) is 1. The van der Waals surface area contributed by atoms with Crippen molar-refractivity contribution in [1.82, 2.24) is 10.3 Å². The summed E-state index contributed by atoms with van der Waals surface area (Å²) in [5.74, 6) is -2.92. The lowest BCUT2D eigenvalue weighted by molar-refractivity contribution is -0.140. The quantitative estimate of drug-likeness (QED) is 0.486. The fourth-order valence-corrected chi connectivity index (χ4v) is 4.46. The SMILES string of the molecule is O=C(N[C@@H](CCO[C@H]1C[C@H](CCc2ccc3c(n2)NCCC3)C1)C(=O)O)c1c(F)cccc1F. The lowest BCUT2D eigenvalue weighted by Gasteiger charge is -2.35. The van der Waals surface area contributed by atoms with Crippen LogP contribution >= 0.6 is 0 Å². The van der Waals surface area contributed by atoms with Crippen LogP contribution in [0.1, 0.15) is 53.7 Å². The molecule has 7 nitrogen and oxygen atoms in total. The number of rotatable bonds is 10. The van der Waals surface area contributed by atoms with Crippen molar-refractivity contribution in [2.75, 3.05) is 18.5 Å². The molecule has 0 unspecified atom stereocenters. The maximum atomic E-state index is 13.8. The van der Waals surface area contributed by atoms with E-state index in [2.05, 4.69) is 22.8 Å². The van der Waals surface area contributed by atoms with Crippen molar-refractivity contribution in [2.24, 2.45) is 5.92 Å². The number of fused-ring (bicyclic) bond motifs is 1. The lowest BCUT2D eigenvalue weighted by Crippen LogP contribution is -2.42. The van der Waals surface area contributed by atoms with Gasteiger partial charge in [0.25, 0.3) is 5.91 Å². The van der Waals surface area contributed by atoms with Crippen LogP contribution < -0.4 is 10.6 Å². The molecule has 0 bridgehead atoms. The van der Waals surface area contributed by atoms with Crippen LogP contribution in [0.4, 0.5) is 14.6 Å². The van der Waals surface area contributed by atoms with Crippen LogP contribution in [-0.4, -0.2) is 47.3 Å². The van der Waals surface area contributed by atoms with Crippen molar-refractivity contribution < 1.29 is 28.2 Å². The monoisotopic (exact) mass is 473 g/mol. The second-order valence-corrected chi connectivity index (χ2v) is 8.96. The fraction of sp³-hybridized carbons (Fsp3) is 0.480. The Morgan fingerprint density at radius 2 is 1.97 bits per heavy atom. The number of aryl methyl sites for hydroxylation is 2. The molecule has 1 saturated carbocycles. The molecule has 1 fully saturated rings. The molecule has 3 N–H and O–H groups in total. The van der Waals surface area contributed by atoms with Gasteiger partial charge in [-0.3, -0.25) is 4.79 Å². The van der Waals surface area contributed by atoms with Gasteiger partial charge in [0.2, 0.25) is 0 Å². The highest BCUT2D eigenvalue weighted by molar-refractivity contribution is 5.97. The Morgan fingerprint density at radius 3 is 2.71 bits per heavy atom. The third-order valence-corrected chi connectivity index (χ3v) is 6.51. The van der Waals surface area contributed by atoms with Crippen molar-refractivity contribution in [3.05, 3.63) is 58.8 Å². The Bertz CT molecular complexity index is 1020. The average Bonchev–Trinajstić information content (AvgIpc) is 2.78. The molecule has 1 aromatic carbocycles. The zero-order valence-corrected chi connectivity index (χ0v) is 18.9. The lowest BCUT2D eigenvalue weighted by atomic mass is 9.79. The van der Waals surface area contributed by atoms with E-state index in [0.717, 1.165) is 74.8 Å². The van der Waals surface area contributed by atoms with Crippen LogP contribution in [-0.2, 0) is 22.4 Å². The maximum absolute atomic E-state index is 13.8. The summed E-state index contributed by atoms with van der Waals surface area (Å²) in [6.45, 7) is 1.10. The number of anilines is 1. The number of ether oxygens (including phenoxy) is 1. The molecule has 182 valence electrons. The van der Waals surface area contributed by atoms with Crippen LogP contribution in [0.25, 0.3) is 0 Å². The normalized spacial score (nSPS) is 19.9. The van der Waals surface area contributed by atoms with E-state index in [4.69, 9.17) is 9.72 Å². The first-order valence-corrected chi connectivity index (χ1v) is 11.7. The van der Waals surface area contributed by atoms with E-state index in [0.29, 0.717) is 5.92 Å². The highest BCUT2D eigenvalue weighted by Gasteiger charge is 2.30. The number of halogens is 2. The minimum Gasteiger partial charge on any atom is -0.480 e. The summed E-state index contributed by atoms with van der Waals surface area (Å²) in [6, 6.07) is 5.99. The minimum absolute atomic E-state index is 0.00432. The Kier molecular flexibility index (Phi) is 7.72. The Hall–Kier alpha value is -3.07. The van der Waals surface area contributed by atoms with Gasteiger partial charge in [0.1, 0.15) is 29.1 Å². The molecular formula is C25H29F2N3O4. The number of pyridine rings is 1. The smallest absolute Gasteiger partial charge is 0.326 e. The number of hydrogen-bond donors (Lipinski definition) is 3. The molecule has 1 aliphatic heterocycles. The predicted octanol–water partition coefficient (Wildman–Crippen LogP) is 3.72. The van der Waals surface area contributed by atoms with E-state index >= 15 is 0 Å². The van der Waals surface area contributed by atoms with Crippen LogP contribution in [0.3, 0.4) is 0 Å². The summed E-state index contributed by atoms with van der Waals surface area (Å²) in [5, 5.41) is 14.9. The second-order valence-electron chi connectivity index (χ2n) is 8.96. The highest BCUT2D eigenvalue weighted by atomic mass is 19.1. The van der Waals surface area contributed by atoms with Gasteiger partial charge in [0.15, 0.2) is 0 Å². The Morgan fingerprint density at radius 1 is 1.21 bits per heavy atom. The van der Waals surface area contributed by atoms with Gasteiger partial charge in [0.05, 0.1) is 6.10 Å². The van der Waals surface area contributed by atoms with Crippen LogP contribution in [0, 0.1) is 17.6 Å². The van der Waals surface area contributed by atoms with Gasteiger partial charge in [-0.15, -0.1) is 0 Å². The standard InChI is InChI=1S/C25H29F2N3O4/c26-19-4-1-5-20(27)22(19)24(31)30-21(25(32)33)10-12-34-18-13-15(14-18)6-8-17-9-7-16-3-2-11-28-23(16)29-17/h1,4-5,7,9,15,18,21H,2-3,6,8,10-14H2,(H,28,29)(H,30,31)(H,32,33)/t15-,18-,21-/m0/s1. The first-order valence-electron chi connectivity index (χ1n) is 11.7. The predicted molar refractivity (Wildman–Crippen MR) is 122 cm³/mol.